The minimum Gasteiger partial charge on any atom is -0.462 e. The van der Waals surface area contributed by atoms with Crippen molar-refractivity contribution in [1.82, 2.24) is 0 Å². The Morgan fingerprint density at radius 1 is 1.17 bits per heavy atom. The molecule has 0 saturated carbocycles. The summed E-state index contributed by atoms with van der Waals surface area (Å²) in [6, 6.07) is 5.63. The molecule has 0 unspecified atom stereocenters. The first-order chi connectivity index (χ1) is 11.2. The Kier molecular flexibility index (Phi) is 4.01. The molecule has 0 radical (unpaired) electrons. The molecule has 1 fully saturated rings. The van der Waals surface area contributed by atoms with Gasteiger partial charge in [-0.25, -0.2) is 4.79 Å². The van der Waals surface area contributed by atoms with Gasteiger partial charge in [-0.3, -0.25) is 0 Å². The molecule has 1 aliphatic rings. The van der Waals surface area contributed by atoms with Crippen LogP contribution in [0.2, 0.25) is 0 Å². The minimum absolute atomic E-state index is 0.321. The summed E-state index contributed by atoms with van der Waals surface area (Å²) in [6.45, 7) is 11.9. The van der Waals surface area contributed by atoms with Crippen molar-refractivity contribution in [3.63, 3.8) is 0 Å². The summed E-state index contributed by atoms with van der Waals surface area (Å²) < 4.78 is 23.0. The molecule has 6 heteroatoms. The molecule has 0 bridgehead atoms. The van der Waals surface area contributed by atoms with Gasteiger partial charge in [0.1, 0.15) is 16.9 Å². The molecule has 0 atom stereocenters. The number of fused-ring (bicyclic) bond motifs is 1. The van der Waals surface area contributed by atoms with Gasteiger partial charge in [0.2, 0.25) is 0 Å². The first-order valence-corrected chi connectivity index (χ1v) is 8.22. The van der Waals surface area contributed by atoms with Crippen LogP contribution in [0.15, 0.2) is 22.6 Å². The third kappa shape index (κ3) is 2.64. The Bertz CT molecular complexity index is 774. The lowest BCUT2D eigenvalue weighted by atomic mass is 9.78. The molecule has 0 spiro atoms. The minimum atomic E-state index is -0.482. The summed E-state index contributed by atoms with van der Waals surface area (Å²) in [5.74, 6) is 0.175. The van der Waals surface area contributed by atoms with E-state index in [1.165, 1.54) is 0 Å². The molecular formula is C18H23BO5. The lowest BCUT2D eigenvalue weighted by Crippen LogP contribution is -2.41. The highest BCUT2D eigenvalue weighted by atomic mass is 16.7. The van der Waals surface area contributed by atoms with Crippen LogP contribution in [0.1, 0.15) is 50.7 Å². The molecule has 1 saturated heterocycles. The van der Waals surface area contributed by atoms with E-state index in [4.69, 9.17) is 18.5 Å². The molecule has 128 valence electrons. The second-order valence-electron chi connectivity index (χ2n) is 7.10. The number of carbonyl (C=O) groups excluding carboxylic acids is 1. The lowest BCUT2D eigenvalue weighted by molar-refractivity contribution is 0.00578. The summed E-state index contributed by atoms with van der Waals surface area (Å²) in [7, 11) is -0.482. The van der Waals surface area contributed by atoms with E-state index in [-0.39, 0.29) is 5.97 Å². The maximum atomic E-state index is 12.2. The van der Waals surface area contributed by atoms with Gasteiger partial charge in [-0.15, -0.1) is 0 Å². The van der Waals surface area contributed by atoms with E-state index in [1.807, 2.05) is 45.9 Å². The van der Waals surface area contributed by atoms with Gasteiger partial charge in [0, 0.05) is 5.39 Å². The van der Waals surface area contributed by atoms with E-state index in [1.54, 1.807) is 13.8 Å². The van der Waals surface area contributed by atoms with Crippen LogP contribution in [-0.4, -0.2) is 30.9 Å². The van der Waals surface area contributed by atoms with Gasteiger partial charge in [-0.1, -0.05) is 12.1 Å². The van der Waals surface area contributed by atoms with Gasteiger partial charge in [-0.2, -0.15) is 0 Å². The lowest BCUT2D eigenvalue weighted by Gasteiger charge is -2.32. The first kappa shape index (κ1) is 17.1. The van der Waals surface area contributed by atoms with Crippen LogP contribution in [0, 0.1) is 6.92 Å². The van der Waals surface area contributed by atoms with Crippen molar-refractivity contribution in [2.24, 2.45) is 0 Å². The number of hydrogen-bond donors (Lipinski definition) is 0. The average molecular weight is 330 g/mol. The van der Waals surface area contributed by atoms with Gasteiger partial charge in [0.25, 0.3) is 0 Å². The van der Waals surface area contributed by atoms with E-state index in [0.717, 1.165) is 10.8 Å². The van der Waals surface area contributed by atoms with E-state index in [9.17, 15) is 4.79 Å². The van der Waals surface area contributed by atoms with Crippen LogP contribution in [0.4, 0.5) is 0 Å². The fraction of sp³-hybridized carbons (Fsp3) is 0.500. The molecule has 5 nitrogen and oxygen atoms in total. The molecule has 24 heavy (non-hydrogen) atoms. The Morgan fingerprint density at radius 3 is 2.38 bits per heavy atom. The average Bonchev–Trinajstić information content (AvgIpc) is 2.91. The van der Waals surface area contributed by atoms with Crippen LogP contribution in [0.25, 0.3) is 11.0 Å². The molecule has 1 aromatic heterocycles. The van der Waals surface area contributed by atoms with E-state index in [0.29, 0.717) is 23.5 Å². The van der Waals surface area contributed by atoms with E-state index in [2.05, 4.69) is 0 Å². The Balaban J connectivity index is 2.03. The normalized spacial score (nSPS) is 19.0. The zero-order valence-corrected chi connectivity index (χ0v) is 15.1. The van der Waals surface area contributed by atoms with Crippen molar-refractivity contribution in [2.45, 2.75) is 52.7 Å². The highest BCUT2D eigenvalue weighted by Gasteiger charge is 2.51. The SMILES string of the molecule is CCOC(=O)c1c(C)oc2ccc(B3OC(C)(C)C(C)(C)O3)cc12. The predicted molar refractivity (Wildman–Crippen MR) is 92.6 cm³/mol. The summed E-state index contributed by atoms with van der Waals surface area (Å²) in [5, 5.41) is 0.721. The highest BCUT2D eigenvalue weighted by Crippen LogP contribution is 2.37. The summed E-state index contributed by atoms with van der Waals surface area (Å²) in [6.07, 6.45) is 0. The van der Waals surface area contributed by atoms with Crippen molar-refractivity contribution in [3.8, 4) is 0 Å². The van der Waals surface area contributed by atoms with E-state index < -0.39 is 18.3 Å². The molecule has 0 aliphatic carbocycles. The topological polar surface area (TPSA) is 57.9 Å². The monoisotopic (exact) mass is 330 g/mol. The zero-order valence-electron chi connectivity index (χ0n) is 15.1. The summed E-state index contributed by atoms with van der Waals surface area (Å²) >= 11 is 0. The molecule has 3 rings (SSSR count). The first-order valence-electron chi connectivity index (χ1n) is 8.22. The van der Waals surface area contributed by atoms with Gasteiger partial charge >= 0.3 is 13.1 Å². The smallest absolute Gasteiger partial charge is 0.462 e. The fourth-order valence-electron chi connectivity index (χ4n) is 2.82. The van der Waals surface area contributed by atoms with Crippen LogP contribution in [0.3, 0.4) is 0 Å². The predicted octanol–water partition coefficient (Wildman–Crippen LogP) is 3.22. The largest absolute Gasteiger partial charge is 0.494 e. The molecule has 2 heterocycles. The van der Waals surface area contributed by atoms with Crippen molar-refractivity contribution in [2.75, 3.05) is 6.61 Å². The number of rotatable bonds is 3. The standard InChI is InChI=1S/C18H23BO5/c1-7-21-16(20)15-11(2)22-14-9-8-12(10-13(14)15)19-23-17(3,4)18(5,6)24-19/h8-10H,7H2,1-6H3. The number of aryl methyl sites for hydroxylation is 1. The summed E-state index contributed by atoms with van der Waals surface area (Å²) in [5.41, 5.74) is 1.14. The van der Waals surface area contributed by atoms with Crippen molar-refractivity contribution in [1.29, 1.82) is 0 Å². The van der Waals surface area contributed by atoms with Gasteiger partial charge in [0.15, 0.2) is 0 Å². The second kappa shape index (κ2) is 5.64. The van der Waals surface area contributed by atoms with Crippen LogP contribution in [-0.2, 0) is 14.0 Å². The van der Waals surface area contributed by atoms with Gasteiger partial charge in [0.05, 0.1) is 17.8 Å². The van der Waals surface area contributed by atoms with Gasteiger partial charge < -0.3 is 18.5 Å². The van der Waals surface area contributed by atoms with Crippen molar-refractivity contribution in [3.05, 3.63) is 29.5 Å². The number of ether oxygens (including phenoxy) is 1. The van der Waals surface area contributed by atoms with Crippen molar-refractivity contribution >= 4 is 29.5 Å². The number of furan rings is 1. The number of hydrogen-bond acceptors (Lipinski definition) is 5. The number of carbonyl (C=O) groups is 1. The molecule has 2 aromatic rings. The third-order valence-corrected chi connectivity index (χ3v) is 4.89. The molecule has 0 amide bonds. The third-order valence-electron chi connectivity index (χ3n) is 4.89. The summed E-state index contributed by atoms with van der Waals surface area (Å²) in [4.78, 5) is 12.2. The van der Waals surface area contributed by atoms with Crippen LogP contribution in [0.5, 0.6) is 0 Å². The van der Waals surface area contributed by atoms with Crippen LogP contribution >= 0.6 is 0 Å². The fourth-order valence-corrected chi connectivity index (χ4v) is 2.82. The van der Waals surface area contributed by atoms with E-state index >= 15 is 0 Å². The number of esters is 1. The maximum absolute atomic E-state index is 12.2. The quantitative estimate of drug-likeness (QED) is 0.639. The Labute approximate surface area is 142 Å². The Morgan fingerprint density at radius 2 is 1.79 bits per heavy atom. The molecule has 1 aliphatic heterocycles. The zero-order chi connectivity index (χ0) is 17.7. The van der Waals surface area contributed by atoms with Gasteiger partial charge in [-0.05, 0) is 53.1 Å². The number of benzene rings is 1. The second-order valence-corrected chi connectivity index (χ2v) is 7.10. The molecule has 1 aromatic carbocycles. The maximum Gasteiger partial charge on any atom is 0.494 e. The van der Waals surface area contributed by atoms with Crippen LogP contribution < -0.4 is 5.46 Å². The highest BCUT2D eigenvalue weighted by molar-refractivity contribution is 6.62. The Hall–Kier alpha value is -1.79. The molecule has 0 N–H and O–H groups in total. The molecular weight excluding hydrogens is 307 g/mol. The van der Waals surface area contributed by atoms with Crippen molar-refractivity contribution < 1.29 is 23.3 Å².